The molecule has 2 aromatic rings. The first-order valence-electron chi connectivity index (χ1n) is 10.3. The van der Waals surface area contributed by atoms with Gasteiger partial charge in [-0.25, -0.2) is 8.42 Å². The minimum absolute atomic E-state index is 0.136. The first-order valence-corrected chi connectivity index (χ1v) is 11.8. The van der Waals surface area contributed by atoms with Crippen molar-refractivity contribution in [3.63, 3.8) is 0 Å². The quantitative estimate of drug-likeness (QED) is 0.725. The molecule has 3 rings (SSSR count). The summed E-state index contributed by atoms with van der Waals surface area (Å²) in [6, 6.07) is 14.4. The normalized spacial score (nSPS) is 15.4. The van der Waals surface area contributed by atoms with E-state index < -0.39 is 15.1 Å². The van der Waals surface area contributed by atoms with Crippen LogP contribution in [0.1, 0.15) is 32.3 Å². The SMILES string of the molecule is COC1CCN(c2ccc(NC(=O)Cc3ccc(S(=O)(=O)C(C)C)cc3)cc2)CC1. The topological polar surface area (TPSA) is 75.7 Å². The summed E-state index contributed by atoms with van der Waals surface area (Å²) in [6.07, 6.45) is 2.58. The molecule has 1 fully saturated rings. The molecule has 0 aliphatic carbocycles. The zero-order valence-corrected chi connectivity index (χ0v) is 18.6. The average molecular weight is 431 g/mol. The minimum Gasteiger partial charge on any atom is -0.381 e. The number of sulfone groups is 1. The number of anilines is 2. The van der Waals surface area contributed by atoms with Crippen molar-refractivity contribution in [2.75, 3.05) is 30.4 Å². The standard InChI is InChI=1S/C23H30N2O4S/c1-17(2)30(27,28)22-10-4-18(5-11-22)16-23(26)24-19-6-8-20(9-7-19)25-14-12-21(29-3)13-15-25/h4-11,17,21H,12-16H2,1-3H3,(H,24,26). The van der Waals surface area contributed by atoms with E-state index in [1.54, 1.807) is 45.2 Å². The molecule has 30 heavy (non-hydrogen) atoms. The summed E-state index contributed by atoms with van der Waals surface area (Å²) >= 11 is 0. The van der Waals surface area contributed by atoms with Gasteiger partial charge in [0, 0.05) is 31.6 Å². The predicted octanol–water partition coefficient (Wildman–Crippen LogP) is 3.67. The molecule has 7 heteroatoms. The van der Waals surface area contributed by atoms with Crippen LogP contribution in [0.3, 0.4) is 0 Å². The largest absolute Gasteiger partial charge is 0.381 e. The van der Waals surface area contributed by atoms with Crippen molar-refractivity contribution in [2.45, 2.75) is 49.4 Å². The summed E-state index contributed by atoms with van der Waals surface area (Å²) in [6.45, 7) is 5.24. The van der Waals surface area contributed by atoms with E-state index in [0.717, 1.165) is 42.9 Å². The van der Waals surface area contributed by atoms with Gasteiger partial charge in [-0.3, -0.25) is 4.79 Å². The summed E-state index contributed by atoms with van der Waals surface area (Å²) in [5.74, 6) is -0.136. The summed E-state index contributed by atoms with van der Waals surface area (Å²) in [7, 11) is -1.54. The molecule has 1 aliphatic heterocycles. The molecule has 0 aromatic heterocycles. The minimum atomic E-state index is -3.30. The lowest BCUT2D eigenvalue weighted by molar-refractivity contribution is -0.115. The van der Waals surface area contributed by atoms with Crippen LogP contribution in [0.5, 0.6) is 0 Å². The highest BCUT2D eigenvalue weighted by Gasteiger charge is 2.20. The van der Waals surface area contributed by atoms with Crippen LogP contribution in [-0.2, 0) is 25.8 Å². The molecule has 0 atom stereocenters. The van der Waals surface area contributed by atoms with Gasteiger partial charge >= 0.3 is 0 Å². The van der Waals surface area contributed by atoms with Crippen LogP contribution < -0.4 is 10.2 Å². The van der Waals surface area contributed by atoms with Gasteiger partial charge < -0.3 is 15.0 Å². The highest BCUT2D eigenvalue weighted by Crippen LogP contribution is 2.23. The van der Waals surface area contributed by atoms with Crippen molar-refractivity contribution < 1.29 is 17.9 Å². The Kier molecular flexibility index (Phi) is 7.15. The highest BCUT2D eigenvalue weighted by atomic mass is 32.2. The number of rotatable bonds is 7. The highest BCUT2D eigenvalue weighted by molar-refractivity contribution is 7.92. The number of hydrogen-bond acceptors (Lipinski definition) is 5. The average Bonchev–Trinajstić information content (AvgIpc) is 2.74. The van der Waals surface area contributed by atoms with Crippen molar-refractivity contribution in [1.82, 2.24) is 0 Å². The number of nitrogens with one attached hydrogen (secondary N) is 1. The number of piperidine rings is 1. The van der Waals surface area contributed by atoms with Gasteiger partial charge in [-0.1, -0.05) is 12.1 Å². The van der Waals surface area contributed by atoms with Gasteiger partial charge in [-0.05, 0) is 68.7 Å². The van der Waals surface area contributed by atoms with Crippen LogP contribution in [0.15, 0.2) is 53.4 Å². The molecular formula is C23H30N2O4S. The van der Waals surface area contributed by atoms with E-state index >= 15 is 0 Å². The first-order chi connectivity index (χ1) is 14.3. The van der Waals surface area contributed by atoms with Gasteiger partial charge in [0.15, 0.2) is 9.84 Å². The molecule has 0 saturated carbocycles. The first kappa shape index (κ1) is 22.3. The van der Waals surface area contributed by atoms with E-state index in [9.17, 15) is 13.2 Å². The lowest BCUT2D eigenvalue weighted by atomic mass is 10.1. The fourth-order valence-electron chi connectivity index (χ4n) is 3.57. The van der Waals surface area contributed by atoms with Gasteiger partial charge in [-0.2, -0.15) is 0 Å². The van der Waals surface area contributed by atoms with E-state index in [2.05, 4.69) is 10.2 Å². The number of benzene rings is 2. The summed E-state index contributed by atoms with van der Waals surface area (Å²) in [4.78, 5) is 15.0. The van der Waals surface area contributed by atoms with E-state index in [-0.39, 0.29) is 17.2 Å². The Bertz CT molecular complexity index is 946. The second kappa shape index (κ2) is 9.62. The second-order valence-corrected chi connectivity index (χ2v) is 10.4. The Hall–Kier alpha value is -2.38. The summed E-state index contributed by atoms with van der Waals surface area (Å²) in [5, 5.41) is 2.43. The van der Waals surface area contributed by atoms with Gasteiger partial charge in [0.1, 0.15) is 0 Å². The monoisotopic (exact) mass is 430 g/mol. The Morgan fingerprint density at radius 3 is 2.20 bits per heavy atom. The van der Waals surface area contributed by atoms with Crippen LogP contribution in [0.25, 0.3) is 0 Å². The molecule has 1 N–H and O–H groups in total. The number of hydrogen-bond donors (Lipinski definition) is 1. The molecule has 1 heterocycles. The molecule has 0 spiro atoms. The van der Waals surface area contributed by atoms with Crippen LogP contribution >= 0.6 is 0 Å². The summed E-state index contributed by atoms with van der Waals surface area (Å²) < 4.78 is 29.8. The third-order valence-corrected chi connectivity index (χ3v) is 7.70. The third kappa shape index (κ3) is 5.40. The van der Waals surface area contributed by atoms with E-state index in [4.69, 9.17) is 4.74 Å². The van der Waals surface area contributed by atoms with Crippen molar-refractivity contribution in [1.29, 1.82) is 0 Å². The molecule has 0 radical (unpaired) electrons. The molecule has 162 valence electrons. The fourth-order valence-corrected chi connectivity index (χ4v) is 4.62. The van der Waals surface area contributed by atoms with Crippen LogP contribution in [0.2, 0.25) is 0 Å². The molecule has 0 unspecified atom stereocenters. The van der Waals surface area contributed by atoms with E-state index in [1.165, 1.54) is 0 Å². The van der Waals surface area contributed by atoms with E-state index in [1.807, 2.05) is 24.3 Å². The molecule has 1 aliphatic rings. The van der Waals surface area contributed by atoms with Crippen molar-refractivity contribution in [3.05, 3.63) is 54.1 Å². The fraction of sp³-hybridized carbons (Fsp3) is 0.435. The third-order valence-electron chi connectivity index (χ3n) is 5.53. The van der Waals surface area contributed by atoms with Crippen molar-refractivity contribution in [3.8, 4) is 0 Å². The van der Waals surface area contributed by atoms with Gasteiger partial charge in [-0.15, -0.1) is 0 Å². The molecule has 0 bridgehead atoms. The lowest BCUT2D eigenvalue weighted by Crippen LogP contribution is -2.36. The number of nitrogens with zero attached hydrogens (tertiary/aromatic N) is 1. The zero-order chi connectivity index (χ0) is 21.7. The van der Waals surface area contributed by atoms with Gasteiger partial charge in [0.25, 0.3) is 0 Å². The van der Waals surface area contributed by atoms with Crippen LogP contribution in [-0.4, -0.2) is 45.9 Å². The maximum Gasteiger partial charge on any atom is 0.228 e. The predicted molar refractivity (Wildman–Crippen MR) is 120 cm³/mol. The Labute approximate surface area is 179 Å². The molecule has 1 amide bonds. The number of ether oxygens (including phenoxy) is 1. The summed E-state index contributed by atoms with van der Waals surface area (Å²) in [5.41, 5.74) is 2.66. The van der Waals surface area contributed by atoms with Gasteiger partial charge in [0.2, 0.25) is 5.91 Å². The number of carbonyl (C=O) groups excluding carboxylic acids is 1. The van der Waals surface area contributed by atoms with Crippen molar-refractivity contribution in [2.24, 2.45) is 0 Å². The maximum absolute atomic E-state index is 12.4. The Morgan fingerprint density at radius 1 is 1.07 bits per heavy atom. The Morgan fingerprint density at radius 2 is 1.67 bits per heavy atom. The molecule has 6 nitrogen and oxygen atoms in total. The number of amides is 1. The zero-order valence-electron chi connectivity index (χ0n) is 17.8. The number of methoxy groups -OCH3 is 1. The molecular weight excluding hydrogens is 400 g/mol. The van der Waals surface area contributed by atoms with E-state index in [0.29, 0.717) is 6.10 Å². The number of carbonyl (C=O) groups is 1. The Balaban J connectivity index is 1.55. The lowest BCUT2D eigenvalue weighted by Gasteiger charge is -2.33. The van der Waals surface area contributed by atoms with Crippen LogP contribution in [0, 0.1) is 0 Å². The van der Waals surface area contributed by atoms with Gasteiger partial charge in [0.05, 0.1) is 22.7 Å². The second-order valence-electron chi connectivity index (χ2n) is 7.93. The van der Waals surface area contributed by atoms with Crippen molar-refractivity contribution >= 4 is 27.1 Å². The molecule has 2 aromatic carbocycles. The molecule has 1 saturated heterocycles. The maximum atomic E-state index is 12.4. The van der Waals surface area contributed by atoms with Crippen LogP contribution in [0.4, 0.5) is 11.4 Å². The smallest absolute Gasteiger partial charge is 0.228 e.